The topological polar surface area (TPSA) is 103 Å². The molecule has 0 saturated carbocycles. The van der Waals surface area contributed by atoms with Gasteiger partial charge in [0.05, 0.1) is 18.8 Å². The quantitative estimate of drug-likeness (QED) is 0.760. The normalized spacial score (nSPS) is 13.0. The molecule has 0 bridgehead atoms. The first kappa shape index (κ1) is 14.6. The number of pyridine rings is 1. The number of anilines is 1. The number of nitrogens with two attached hydrogens (primary N) is 1. The van der Waals surface area contributed by atoms with Crippen molar-refractivity contribution in [3.63, 3.8) is 0 Å². The smallest absolute Gasteiger partial charge is 0.155 e. The molecule has 0 aliphatic carbocycles. The number of aromatic nitrogens is 3. The third kappa shape index (κ3) is 2.13. The van der Waals surface area contributed by atoms with E-state index in [1.165, 1.54) is 0 Å². The maximum absolute atomic E-state index is 10.8. The maximum Gasteiger partial charge on any atom is 0.155 e. The van der Waals surface area contributed by atoms with Gasteiger partial charge in [0, 0.05) is 42.3 Å². The lowest BCUT2D eigenvalue weighted by Crippen LogP contribution is -2.01. The first-order valence-corrected chi connectivity index (χ1v) is 7.56. The number of phenols is 1. The highest BCUT2D eigenvalue weighted by Gasteiger charge is 2.25. The van der Waals surface area contributed by atoms with Crippen molar-refractivity contribution >= 4 is 16.6 Å². The molecule has 1 aromatic carbocycles. The van der Waals surface area contributed by atoms with Gasteiger partial charge in [0.1, 0.15) is 17.2 Å². The van der Waals surface area contributed by atoms with Gasteiger partial charge in [0.25, 0.3) is 0 Å². The lowest BCUT2D eigenvalue weighted by molar-refractivity contribution is 0.184. The summed E-state index contributed by atoms with van der Waals surface area (Å²) in [5, 5.41) is 20.6. The summed E-state index contributed by atoms with van der Waals surface area (Å²) in [5.74, 6) is 1.16. The van der Waals surface area contributed by atoms with Crippen molar-refractivity contribution in [2.45, 2.75) is 13.0 Å². The van der Waals surface area contributed by atoms with Crippen LogP contribution in [0.2, 0.25) is 0 Å². The van der Waals surface area contributed by atoms with E-state index in [1.54, 1.807) is 19.5 Å². The van der Waals surface area contributed by atoms with Crippen molar-refractivity contribution in [1.29, 1.82) is 0 Å². The summed E-state index contributed by atoms with van der Waals surface area (Å²) in [6.07, 6.45) is 3.96. The number of nitrogens with zero attached hydrogens (tertiary/aromatic N) is 3. The predicted octanol–water partition coefficient (Wildman–Crippen LogP) is 2.06. The van der Waals surface area contributed by atoms with Gasteiger partial charge in [-0.05, 0) is 17.7 Å². The summed E-state index contributed by atoms with van der Waals surface area (Å²) in [7, 11) is 1.60. The molecule has 0 atom stereocenters. The Kier molecular flexibility index (Phi) is 3.42. The zero-order valence-electron chi connectivity index (χ0n) is 13.1. The highest BCUT2D eigenvalue weighted by molar-refractivity contribution is 6.00. The molecular formula is C17H16N4O3. The van der Waals surface area contributed by atoms with E-state index >= 15 is 0 Å². The summed E-state index contributed by atoms with van der Waals surface area (Å²) < 4.78 is 10.9. The highest BCUT2D eigenvalue weighted by atomic mass is 16.5. The molecule has 0 unspecified atom stereocenters. The van der Waals surface area contributed by atoms with Crippen LogP contribution in [0.4, 0.5) is 5.82 Å². The summed E-state index contributed by atoms with van der Waals surface area (Å²) >= 11 is 0. The van der Waals surface area contributed by atoms with Crippen molar-refractivity contribution in [2.75, 3.05) is 19.5 Å². The summed E-state index contributed by atoms with van der Waals surface area (Å²) in [6.45, 7) is 0.870. The van der Waals surface area contributed by atoms with Crippen LogP contribution in [0.15, 0.2) is 24.5 Å². The van der Waals surface area contributed by atoms with Crippen molar-refractivity contribution in [3.8, 4) is 22.8 Å². The Morgan fingerprint density at radius 3 is 3.04 bits per heavy atom. The van der Waals surface area contributed by atoms with E-state index < -0.39 is 0 Å². The number of nitrogen functional groups attached to an aromatic ring is 1. The van der Waals surface area contributed by atoms with E-state index in [0.717, 1.165) is 16.5 Å². The van der Waals surface area contributed by atoms with Gasteiger partial charge in [-0.1, -0.05) is 0 Å². The Labute approximate surface area is 138 Å². The molecule has 1 aliphatic rings. The second-order valence-electron chi connectivity index (χ2n) is 5.62. The fourth-order valence-corrected chi connectivity index (χ4v) is 3.11. The average molecular weight is 324 g/mol. The molecule has 0 amide bonds. The van der Waals surface area contributed by atoms with Gasteiger partial charge in [0.2, 0.25) is 0 Å². The molecule has 24 heavy (non-hydrogen) atoms. The van der Waals surface area contributed by atoms with Crippen LogP contribution in [-0.4, -0.2) is 34.0 Å². The van der Waals surface area contributed by atoms with Crippen molar-refractivity contribution in [3.05, 3.63) is 35.7 Å². The van der Waals surface area contributed by atoms with Crippen LogP contribution in [0.3, 0.4) is 0 Å². The van der Waals surface area contributed by atoms with E-state index in [-0.39, 0.29) is 5.75 Å². The number of fused-ring (bicyclic) bond motifs is 2. The van der Waals surface area contributed by atoms with Gasteiger partial charge in [-0.25, -0.2) is 0 Å². The van der Waals surface area contributed by atoms with Gasteiger partial charge >= 0.3 is 0 Å². The predicted molar refractivity (Wildman–Crippen MR) is 88.8 cm³/mol. The SMILES string of the molecule is COCc1cc2c(c(O)c1-c1nnc(N)c3cnccc13)CCO2. The van der Waals surface area contributed by atoms with E-state index in [4.69, 9.17) is 15.2 Å². The Bertz CT molecular complexity index is 943. The van der Waals surface area contributed by atoms with Crippen LogP contribution in [0.1, 0.15) is 11.1 Å². The second-order valence-corrected chi connectivity index (χ2v) is 5.62. The highest BCUT2D eigenvalue weighted by Crippen LogP contribution is 2.44. The summed E-state index contributed by atoms with van der Waals surface area (Å²) in [4.78, 5) is 4.09. The molecule has 0 spiro atoms. The molecule has 3 N–H and O–H groups in total. The average Bonchev–Trinajstić information content (AvgIpc) is 3.06. The maximum atomic E-state index is 10.8. The first-order chi connectivity index (χ1) is 11.7. The Morgan fingerprint density at radius 1 is 1.33 bits per heavy atom. The molecule has 1 aliphatic heterocycles. The van der Waals surface area contributed by atoms with Crippen LogP contribution in [0, 0.1) is 0 Å². The first-order valence-electron chi connectivity index (χ1n) is 7.56. The lowest BCUT2D eigenvalue weighted by Gasteiger charge is -2.15. The Hall–Kier alpha value is -2.93. The molecule has 3 heterocycles. The second kappa shape index (κ2) is 5.61. The minimum Gasteiger partial charge on any atom is -0.507 e. The molecule has 122 valence electrons. The number of rotatable bonds is 3. The molecule has 0 saturated heterocycles. The standard InChI is InChI=1S/C17H16N4O3/c1-23-8-9-6-13-11(3-5-24-13)16(22)14(9)15-10-2-4-19-7-12(10)17(18)21-20-15/h2,4,6-7,22H,3,5,8H2,1H3,(H2,18,21). The fraction of sp³-hybridized carbons (Fsp3) is 0.235. The fourth-order valence-electron chi connectivity index (χ4n) is 3.11. The Balaban J connectivity index is 2.05. The van der Waals surface area contributed by atoms with Crippen LogP contribution in [0.25, 0.3) is 22.0 Å². The third-order valence-corrected chi connectivity index (χ3v) is 4.20. The molecule has 4 rings (SSSR count). The van der Waals surface area contributed by atoms with Crippen LogP contribution in [0.5, 0.6) is 11.5 Å². The molecule has 7 heteroatoms. The van der Waals surface area contributed by atoms with Crippen molar-refractivity contribution in [1.82, 2.24) is 15.2 Å². The van der Waals surface area contributed by atoms with Crippen LogP contribution < -0.4 is 10.5 Å². The number of benzene rings is 1. The molecule has 0 radical (unpaired) electrons. The van der Waals surface area contributed by atoms with Crippen LogP contribution in [-0.2, 0) is 17.8 Å². The molecule has 3 aromatic rings. The number of ether oxygens (including phenoxy) is 2. The summed E-state index contributed by atoms with van der Waals surface area (Å²) in [6, 6.07) is 3.71. The monoisotopic (exact) mass is 324 g/mol. The van der Waals surface area contributed by atoms with E-state index in [2.05, 4.69) is 15.2 Å². The third-order valence-electron chi connectivity index (χ3n) is 4.20. The van der Waals surface area contributed by atoms with E-state index in [1.807, 2.05) is 12.1 Å². The number of methoxy groups -OCH3 is 1. The van der Waals surface area contributed by atoms with E-state index in [0.29, 0.717) is 47.8 Å². The van der Waals surface area contributed by atoms with Gasteiger partial charge in [-0.2, -0.15) is 0 Å². The van der Waals surface area contributed by atoms with Gasteiger partial charge in [-0.15, -0.1) is 10.2 Å². The minimum atomic E-state index is 0.161. The molecule has 7 nitrogen and oxygen atoms in total. The lowest BCUT2D eigenvalue weighted by atomic mass is 9.96. The molecular weight excluding hydrogens is 308 g/mol. The zero-order valence-corrected chi connectivity index (χ0v) is 13.1. The minimum absolute atomic E-state index is 0.161. The van der Waals surface area contributed by atoms with Gasteiger partial charge in [-0.3, -0.25) is 4.98 Å². The largest absolute Gasteiger partial charge is 0.507 e. The number of aromatic hydroxyl groups is 1. The van der Waals surface area contributed by atoms with Crippen LogP contribution >= 0.6 is 0 Å². The number of hydrogen-bond donors (Lipinski definition) is 2. The molecule has 0 fully saturated rings. The Morgan fingerprint density at radius 2 is 2.21 bits per heavy atom. The van der Waals surface area contributed by atoms with Gasteiger partial charge < -0.3 is 20.3 Å². The van der Waals surface area contributed by atoms with Gasteiger partial charge in [0.15, 0.2) is 5.82 Å². The molecule has 2 aromatic heterocycles. The number of hydrogen-bond acceptors (Lipinski definition) is 7. The summed E-state index contributed by atoms with van der Waals surface area (Å²) in [5.41, 5.74) is 8.63. The van der Waals surface area contributed by atoms with E-state index in [9.17, 15) is 5.11 Å². The van der Waals surface area contributed by atoms with Crippen molar-refractivity contribution in [2.24, 2.45) is 0 Å². The van der Waals surface area contributed by atoms with Crippen molar-refractivity contribution < 1.29 is 14.6 Å². The zero-order chi connectivity index (χ0) is 16.7. The number of phenolic OH excluding ortho intramolecular Hbond substituents is 1.